The van der Waals surface area contributed by atoms with Crippen LogP contribution in [0.5, 0.6) is 0 Å². The van der Waals surface area contributed by atoms with E-state index in [1.165, 1.54) is 6.20 Å². The van der Waals surface area contributed by atoms with Gasteiger partial charge in [-0.1, -0.05) is 5.21 Å². The minimum atomic E-state index is -1.08. The van der Waals surface area contributed by atoms with Gasteiger partial charge in [-0.05, 0) is 30.3 Å². The Morgan fingerprint density at radius 2 is 2.05 bits per heavy atom. The van der Waals surface area contributed by atoms with Gasteiger partial charge in [0.2, 0.25) is 5.91 Å². The number of amides is 1. The molecule has 2 saturated heterocycles. The highest BCUT2D eigenvalue weighted by atomic mass is 32.2. The number of rotatable bonds is 4. The number of aromatic nitrogens is 3. The molecule has 8 heteroatoms. The second kappa shape index (κ2) is 6.05. The molecule has 2 fully saturated rings. The van der Waals surface area contributed by atoms with Crippen LogP contribution < -0.4 is 0 Å². The lowest BCUT2D eigenvalue weighted by Crippen LogP contribution is -2.51. The first kappa shape index (κ1) is 14.4. The molecule has 0 atom stereocenters. The van der Waals surface area contributed by atoms with Crippen molar-refractivity contribution in [2.24, 2.45) is 5.92 Å². The molecule has 7 nitrogen and oxygen atoms in total. The summed E-state index contributed by atoms with van der Waals surface area (Å²) in [5.74, 6) is 1.99. The monoisotopic (exact) mass is 310 g/mol. The van der Waals surface area contributed by atoms with Gasteiger partial charge in [-0.25, -0.2) is 9.48 Å². The highest BCUT2D eigenvalue weighted by Crippen LogP contribution is 2.28. The molecule has 1 N–H and O–H groups in total. The molecule has 0 unspecified atom stereocenters. The summed E-state index contributed by atoms with van der Waals surface area (Å²) in [6.07, 6.45) is 4.34. The van der Waals surface area contributed by atoms with Gasteiger partial charge in [0.25, 0.3) is 0 Å². The molecule has 1 aromatic rings. The first-order chi connectivity index (χ1) is 10.1. The maximum atomic E-state index is 12.2. The van der Waals surface area contributed by atoms with Crippen molar-refractivity contribution >= 4 is 23.6 Å². The molecule has 114 valence electrons. The largest absolute Gasteiger partial charge is 0.476 e. The number of carboxylic acid groups (broad SMARTS) is 1. The van der Waals surface area contributed by atoms with Crippen molar-refractivity contribution in [3.63, 3.8) is 0 Å². The number of likely N-dealkylation sites (tertiary alicyclic amines) is 1. The van der Waals surface area contributed by atoms with E-state index in [-0.39, 0.29) is 17.6 Å². The summed E-state index contributed by atoms with van der Waals surface area (Å²) >= 11 is 1.96. The molecule has 0 aromatic carbocycles. The summed E-state index contributed by atoms with van der Waals surface area (Å²) in [5, 5.41) is 16.2. The van der Waals surface area contributed by atoms with Gasteiger partial charge in [0, 0.05) is 19.5 Å². The van der Waals surface area contributed by atoms with Gasteiger partial charge in [-0.3, -0.25) is 4.79 Å². The zero-order valence-corrected chi connectivity index (χ0v) is 12.5. The number of carbonyl (C=O) groups excluding carboxylic acids is 1. The molecular formula is C13H18N4O3S. The maximum absolute atomic E-state index is 12.2. The maximum Gasteiger partial charge on any atom is 0.358 e. The summed E-state index contributed by atoms with van der Waals surface area (Å²) in [4.78, 5) is 24.7. The minimum Gasteiger partial charge on any atom is -0.476 e. The molecule has 0 bridgehead atoms. The number of thioether (sulfide) groups is 1. The van der Waals surface area contributed by atoms with E-state index < -0.39 is 5.97 Å². The Morgan fingerprint density at radius 1 is 1.33 bits per heavy atom. The minimum absolute atomic E-state index is 0.0523. The Hall–Kier alpha value is -1.57. The lowest BCUT2D eigenvalue weighted by atomic mass is 9.97. The van der Waals surface area contributed by atoms with Crippen LogP contribution in [0.15, 0.2) is 6.20 Å². The van der Waals surface area contributed by atoms with Gasteiger partial charge in [0.15, 0.2) is 5.69 Å². The molecule has 0 spiro atoms. The van der Waals surface area contributed by atoms with Crippen molar-refractivity contribution in [2.45, 2.75) is 25.3 Å². The van der Waals surface area contributed by atoms with Crippen LogP contribution in [0.4, 0.5) is 0 Å². The van der Waals surface area contributed by atoms with E-state index in [0.717, 1.165) is 24.3 Å². The molecule has 2 aliphatic rings. The Balaban J connectivity index is 1.48. The van der Waals surface area contributed by atoms with Gasteiger partial charge >= 0.3 is 5.97 Å². The zero-order chi connectivity index (χ0) is 14.8. The number of hydrogen-bond donors (Lipinski definition) is 1. The van der Waals surface area contributed by atoms with Crippen LogP contribution in [0.25, 0.3) is 0 Å². The van der Waals surface area contributed by atoms with E-state index >= 15 is 0 Å². The molecule has 0 radical (unpaired) electrons. The van der Waals surface area contributed by atoms with Crippen LogP contribution in [-0.2, 0) is 4.79 Å². The first-order valence-corrected chi connectivity index (χ1v) is 8.29. The molecule has 21 heavy (non-hydrogen) atoms. The Kier molecular flexibility index (Phi) is 4.14. The van der Waals surface area contributed by atoms with E-state index in [1.54, 1.807) is 4.68 Å². The quantitative estimate of drug-likeness (QED) is 0.888. The van der Waals surface area contributed by atoms with Crippen molar-refractivity contribution in [3.8, 4) is 0 Å². The fourth-order valence-electron chi connectivity index (χ4n) is 2.71. The molecule has 1 amide bonds. The summed E-state index contributed by atoms with van der Waals surface area (Å²) in [6, 6.07) is 0.0523. The third-order valence-electron chi connectivity index (χ3n) is 4.12. The standard InChI is InChI=1S/C13H18N4O3S/c18-12(5-9-1-3-21-4-2-9)16-6-10(7-16)17-8-11(13(19)20)14-15-17/h8-10H,1-7H2,(H,19,20). The third kappa shape index (κ3) is 3.20. The molecular weight excluding hydrogens is 292 g/mol. The van der Waals surface area contributed by atoms with Gasteiger partial charge in [0.1, 0.15) is 0 Å². The third-order valence-corrected chi connectivity index (χ3v) is 5.17. The van der Waals surface area contributed by atoms with Crippen LogP contribution >= 0.6 is 11.8 Å². The predicted molar refractivity (Wildman–Crippen MR) is 77.3 cm³/mol. The number of carboxylic acids is 1. The normalized spacial score (nSPS) is 20.3. The number of hydrogen-bond acceptors (Lipinski definition) is 5. The summed E-state index contributed by atoms with van der Waals surface area (Å²) in [6.45, 7) is 1.20. The van der Waals surface area contributed by atoms with Gasteiger partial charge in [-0.2, -0.15) is 11.8 Å². The van der Waals surface area contributed by atoms with Crippen molar-refractivity contribution < 1.29 is 14.7 Å². The molecule has 3 rings (SSSR count). The second-order valence-corrected chi connectivity index (χ2v) is 6.83. The van der Waals surface area contributed by atoms with Crippen LogP contribution in [0.3, 0.4) is 0 Å². The van der Waals surface area contributed by atoms with Crippen molar-refractivity contribution in [1.82, 2.24) is 19.9 Å². The van der Waals surface area contributed by atoms with Gasteiger partial charge < -0.3 is 10.0 Å². The van der Waals surface area contributed by atoms with E-state index in [1.807, 2.05) is 16.7 Å². The van der Waals surface area contributed by atoms with Gasteiger partial charge in [0.05, 0.1) is 12.2 Å². The van der Waals surface area contributed by atoms with Crippen molar-refractivity contribution in [3.05, 3.63) is 11.9 Å². The van der Waals surface area contributed by atoms with E-state index in [0.29, 0.717) is 25.4 Å². The van der Waals surface area contributed by atoms with Crippen LogP contribution in [0, 0.1) is 5.92 Å². The molecule has 2 aliphatic heterocycles. The Bertz CT molecular complexity index is 535. The predicted octanol–water partition coefficient (Wildman–Crippen LogP) is 0.893. The summed E-state index contributed by atoms with van der Waals surface area (Å²) < 4.78 is 1.55. The fourth-order valence-corrected chi connectivity index (χ4v) is 3.91. The Labute approximate surface area is 126 Å². The van der Waals surface area contributed by atoms with Crippen LogP contribution in [0.2, 0.25) is 0 Å². The lowest BCUT2D eigenvalue weighted by molar-refractivity contribution is -0.138. The van der Waals surface area contributed by atoms with E-state index in [4.69, 9.17) is 5.11 Å². The Morgan fingerprint density at radius 3 is 2.67 bits per heavy atom. The molecule has 1 aromatic heterocycles. The van der Waals surface area contributed by atoms with E-state index in [9.17, 15) is 9.59 Å². The average molecular weight is 310 g/mol. The van der Waals surface area contributed by atoms with Crippen LogP contribution in [0.1, 0.15) is 35.8 Å². The van der Waals surface area contributed by atoms with Gasteiger partial charge in [-0.15, -0.1) is 5.10 Å². The smallest absolute Gasteiger partial charge is 0.358 e. The second-order valence-electron chi connectivity index (χ2n) is 5.60. The summed E-state index contributed by atoms with van der Waals surface area (Å²) in [7, 11) is 0. The number of aromatic carboxylic acids is 1. The highest BCUT2D eigenvalue weighted by Gasteiger charge is 2.34. The fraction of sp³-hybridized carbons (Fsp3) is 0.692. The SMILES string of the molecule is O=C(O)c1cn(C2CN(C(=O)CC3CCSCC3)C2)nn1. The average Bonchev–Trinajstić information content (AvgIpc) is 2.88. The molecule has 0 aliphatic carbocycles. The highest BCUT2D eigenvalue weighted by molar-refractivity contribution is 7.99. The lowest BCUT2D eigenvalue weighted by Gasteiger charge is -2.39. The van der Waals surface area contributed by atoms with Crippen LogP contribution in [-0.4, -0.2) is 61.5 Å². The first-order valence-electron chi connectivity index (χ1n) is 7.14. The summed E-state index contributed by atoms with van der Waals surface area (Å²) in [5.41, 5.74) is -0.0560. The number of carbonyl (C=O) groups is 2. The molecule has 3 heterocycles. The molecule has 0 saturated carbocycles. The number of nitrogens with zero attached hydrogens (tertiary/aromatic N) is 4. The topological polar surface area (TPSA) is 88.3 Å². The van der Waals surface area contributed by atoms with E-state index in [2.05, 4.69) is 10.3 Å². The van der Waals surface area contributed by atoms with Crippen molar-refractivity contribution in [1.29, 1.82) is 0 Å². The zero-order valence-electron chi connectivity index (χ0n) is 11.6. The van der Waals surface area contributed by atoms with Crippen molar-refractivity contribution in [2.75, 3.05) is 24.6 Å².